The molecule has 2 heterocycles. The van der Waals surface area contributed by atoms with E-state index in [9.17, 15) is 0 Å². The third-order valence-electron chi connectivity index (χ3n) is 2.79. The van der Waals surface area contributed by atoms with Crippen LogP contribution in [0.3, 0.4) is 0 Å². The van der Waals surface area contributed by atoms with Gasteiger partial charge in [0.15, 0.2) is 5.13 Å². The summed E-state index contributed by atoms with van der Waals surface area (Å²) in [5.74, 6) is 0. The van der Waals surface area contributed by atoms with E-state index >= 15 is 0 Å². The van der Waals surface area contributed by atoms with E-state index in [4.69, 9.17) is 5.73 Å². The number of aryl methyl sites for hydroxylation is 2. The van der Waals surface area contributed by atoms with E-state index in [2.05, 4.69) is 21.9 Å². The van der Waals surface area contributed by atoms with Crippen molar-refractivity contribution in [1.29, 1.82) is 0 Å². The average molecular weight is 282 g/mol. The molecule has 4 nitrogen and oxygen atoms in total. The van der Waals surface area contributed by atoms with Crippen LogP contribution in [0.25, 0.3) is 0 Å². The number of hydrogen-bond donors (Lipinski definition) is 1. The van der Waals surface area contributed by atoms with E-state index in [0.29, 0.717) is 0 Å². The van der Waals surface area contributed by atoms with E-state index < -0.39 is 0 Å². The number of nitrogens with zero attached hydrogens (tertiary/aromatic N) is 3. The summed E-state index contributed by atoms with van der Waals surface area (Å²) in [6, 6.07) is 0.0507. The lowest BCUT2D eigenvalue weighted by molar-refractivity contribution is 0.824. The highest BCUT2D eigenvalue weighted by Crippen LogP contribution is 2.30. The number of aromatic nitrogens is 2. The Bertz CT molecular complexity index is 530. The zero-order valence-electron chi connectivity index (χ0n) is 11.1. The predicted molar refractivity (Wildman–Crippen MR) is 78.4 cm³/mol. The maximum Gasteiger partial charge on any atom is 0.185 e. The lowest BCUT2D eigenvalue weighted by Gasteiger charge is -2.14. The molecule has 0 aliphatic rings. The van der Waals surface area contributed by atoms with Gasteiger partial charge in [-0.3, -0.25) is 0 Å². The van der Waals surface area contributed by atoms with Gasteiger partial charge in [0, 0.05) is 22.8 Å². The summed E-state index contributed by atoms with van der Waals surface area (Å²) in [7, 11) is 2.06. The maximum absolute atomic E-state index is 5.93. The molecule has 1 atom stereocenters. The number of nitrogens with two attached hydrogens (primary N) is 1. The van der Waals surface area contributed by atoms with Crippen molar-refractivity contribution in [3.63, 3.8) is 0 Å². The summed E-state index contributed by atoms with van der Waals surface area (Å²) in [6.45, 7) is 6.91. The van der Waals surface area contributed by atoms with Gasteiger partial charge in [-0.1, -0.05) is 0 Å². The van der Waals surface area contributed by atoms with Crippen LogP contribution < -0.4 is 10.6 Å². The van der Waals surface area contributed by atoms with Gasteiger partial charge in [-0.05, 0) is 20.8 Å². The molecule has 1 unspecified atom stereocenters. The summed E-state index contributed by atoms with van der Waals surface area (Å²) in [4.78, 5) is 13.5. The molecule has 0 aliphatic carbocycles. The Kier molecular flexibility index (Phi) is 3.99. The van der Waals surface area contributed by atoms with Gasteiger partial charge >= 0.3 is 0 Å². The maximum atomic E-state index is 5.93. The normalized spacial score (nSPS) is 12.7. The van der Waals surface area contributed by atoms with Crippen molar-refractivity contribution in [2.45, 2.75) is 33.4 Å². The first kappa shape index (κ1) is 13.5. The van der Waals surface area contributed by atoms with Crippen molar-refractivity contribution in [1.82, 2.24) is 9.97 Å². The Morgan fingerprint density at radius 3 is 2.61 bits per heavy atom. The lowest BCUT2D eigenvalue weighted by atomic mass is 10.2. The summed E-state index contributed by atoms with van der Waals surface area (Å²) in [6.07, 6.45) is 0. The second-order valence-electron chi connectivity index (χ2n) is 4.45. The van der Waals surface area contributed by atoms with Gasteiger partial charge < -0.3 is 10.6 Å². The summed E-state index contributed by atoms with van der Waals surface area (Å²) in [5, 5.41) is 1.02. The molecule has 0 amide bonds. The highest BCUT2D eigenvalue weighted by Gasteiger charge is 2.15. The molecule has 0 radical (unpaired) electrons. The second-order valence-corrected chi connectivity index (χ2v) is 6.40. The molecule has 0 saturated heterocycles. The van der Waals surface area contributed by atoms with E-state index in [0.717, 1.165) is 27.9 Å². The molecule has 2 N–H and O–H groups in total. The summed E-state index contributed by atoms with van der Waals surface area (Å²) in [5.41, 5.74) is 9.96. The molecule has 6 heteroatoms. The van der Waals surface area contributed by atoms with Crippen LogP contribution in [0.1, 0.15) is 34.1 Å². The lowest BCUT2D eigenvalue weighted by Crippen LogP contribution is -2.15. The van der Waals surface area contributed by atoms with Crippen LogP contribution >= 0.6 is 22.7 Å². The van der Waals surface area contributed by atoms with Crippen LogP contribution in [0.2, 0.25) is 0 Å². The van der Waals surface area contributed by atoms with Crippen LogP contribution in [0, 0.1) is 13.8 Å². The number of hydrogen-bond acceptors (Lipinski definition) is 6. The van der Waals surface area contributed by atoms with E-state index in [1.807, 2.05) is 26.3 Å². The SMILES string of the molecule is Cc1ncsc1CN(C)c1nc(C)c(C(C)N)s1. The summed E-state index contributed by atoms with van der Waals surface area (Å²) >= 11 is 3.37. The molecule has 18 heavy (non-hydrogen) atoms. The van der Waals surface area contributed by atoms with Crippen LogP contribution in [0.5, 0.6) is 0 Å². The standard InChI is InChI=1S/C12H18N4S2/c1-7(13)11-9(3)15-12(18-11)16(4)5-10-8(2)14-6-17-10/h6-7H,5,13H2,1-4H3. The van der Waals surface area contributed by atoms with Crippen molar-refractivity contribution in [3.05, 3.63) is 26.7 Å². The Labute approximate surface area is 115 Å². The Morgan fingerprint density at radius 2 is 2.11 bits per heavy atom. The van der Waals surface area contributed by atoms with Gasteiger partial charge in [0.2, 0.25) is 0 Å². The zero-order valence-corrected chi connectivity index (χ0v) is 12.7. The Balaban J connectivity index is 2.16. The number of thiazole rings is 2. The van der Waals surface area contributed by atoms with Gasteiger partial charge in [0.1, 0.15) is 0 Å². The van der Waals surface area contributed by atoms with Gasteiger partial charge in [0.25, 0.3) is 0 Å². The van der Waals surface area contributed by atoms with Crippen LogP contribution in [0.4, 0.5) is 5.13 Å². The molecule has 0 fully saturated rings. The van der Waals surface area contributed by atoms with Crippen molar-refractivity contribution in [3.8, 4) is 0 Å². The minimum atomic E-state index is 0.0507. The minimum absolute atomic E-state index is 0.0507. The van der Waals surface area contributed by atoms with Gasteiger partial charge in [-0.15, -0.1) is 22.7 Å². The predicted octanol–water partition coefficient (Wildman–Crippen LogP) is 2.87. The molecule has 0 bridgehead atoms. The molecule has 2 aromatic heterocycles. The van der Waals surface area contributed by atoms with Gasteiger partial charge in [0.05, 0.1) is 23.4 Å². The fourth-order valence-electron chi connectivity index (χ4n) is 1.74. The monoisotopic (exact) mass is 282 g/mol. The first-order valence-corrected chi connectivity index (χ1v) is 7.51. The largest absolute Gasteiger partial charge is 0.346 e. The third kappa shape index (κ3) is 2.71. The highest BCUT2D eigenvalue weighted by atomic mass is 32.1. The third-order valence-corrected chi connectivity index (χ3v) is 5.18. The molecule has 2 rings (SSSR count). The first-order chi connectivity index (χ1) is 8.49. The molecular weight excluding hydrogens is 264 g/mol. The summed E-state index contributed by atoms with van der Waals surface area (Å²) < 4.78 is 0. The molecule has 0 aromatic carbocycles. The van der Waals surface area contributed by atoms with Gasteiger partial charge in [-0.2, -0.15) is 0 Å². The van der Waals surface area contributed by atoms with Crippen LogP contribution in [-0.4, -0.2) is 17.0 Å². The molecule has 0 spiro atoms. The van der Waals surface area contributed by atoms with Crippen LogP contribution in [0.15, 0.2) is 5.51 Å². The average Bonchev–Trinajstić information content (AvgIpc) is 2.86. The fraction of sp³-hybridized carbons (Fsp3) is 0.500. The molecule has 0 saturated carbocycles. The molecular formula is C12H18N4S2. The van der Waals surface area contributed by atoms with E-state index in [1.165, 1.54) is 4.88 Å². The van der Waals surface area contributed by atoms with Crippen LogP contribution in [-0.2, 0) is 6.54 Å². The van der Waals surface area contributed by atoms with E-state index in [1.54, 1.807) is 22.7 Å². The fourth-order valence-corrected chi connectivity index (χ4v) is 3.55. The van der Waals surface area contributed by atoms with Crippen molar-refractivity contribution in [2.24, 2.45) is 5.73 Å². The van der Waals surface area contributed by atoms with Crippen molar-refractivity contribution >= 4 is 27.8 Å². The molecule has 98 valence electrons. The number of rotatable bonds is 4. The first-order valence-electron chi connectivity index (χ1n) is 5.82. The van der Waals surface area contributed by atoms with Crippen molar-refractivity contribution in [2.75, 3.05) is 11.9 Å². The smallest absolute Gasteiger partial charge is 0.185 e. The Morgan fingerprint density at radius 1 is 1.39 bits per heavy atom. The Hall–Kier alpha value is -0.980. The quantitative estimate of drug-likeness (QED) is 0.937. The number of anilines is 1. The molecule has 2 aromatic rings. The molecule has 0 aliphatic heterocycles. The van der Waals surface area contributed by atoms with Crippen molar-refractivity contribution < 1.29 is 0 Å². The van der Waals surface area contributed by atoms with Gasteiger partial charge in [-0.25, -0.2) is 9.97 Å². The highest BCUT2D eigenvalue weighted by molar-refractivity contribution is 7.15. The van der Waals surface area contributed by atoms with E-state index in [-0.39, 0.29) is 6.04 Å². The second kappa shape index (κ2) is 5.34. The topological polar surface area (TPSA) is 55.0 Å². The zero-order chi connectivity index (χ0) is 13.3. The minimum Gasteiger partial charge on any atom is -0.346 e.